The maximum atomic E-state index is 12.1. The van der Waals surface area contributed by atoms with Crippen molar-refractivity contribution in [3.05, 3.63) is 41.5 Å². The summed E-state index contributed by atoms with van der Waals surface area (Å²) in [6.45, 7) is 0. The molecule has 3 heteroatoms. The van der Waals surface area contributed by atoms with Crippen LogP contribution in [0.3, 0.4) is 0 Å². The number of rotatable bonds is 4. The molecule has 0 N–H and O–H groups in total. The highest BCUT2D eigenvalue weighted by molar-refractivity contribution is 7.85. The van der Waals surface area contributed by atoms with Crippen LogP contribution in [-0.2, 0) is 15.6 Å². The number of hydrogen-bond donors (Lipinski definition) is 0. The molecule has 0 bridgehead atoms. The van der Waals surface area contributed by atoms with Crippen LogP contribution in [0, 0.1) is 0 Å². The molecule has 0 heterocycles. The first kappa shape index (κ1) is 12.2. The van der Waals surface area contributed by atoms with Gasteiger partial charge in [-0.3, -0.25) is 9.00 Å². The van der Waals surface area contributed by atoms with Gasteiger partial charge in [0.25, 0.3) is 0 Å². The normalized spacial score (nSPS) is 17.9. The van der Waals surface area contributed by atoms with Gasteiger partial charge in [0.15, 0.2) is 0 Å². The highest BCUT2D eigenvalue weighted by Gasteiger charge is 2.15. The molecule has 1 aromatic carbocycles. The fourth-order valence-corrected chi connectivity index (χ4v) is 3.39. The second-order valence-electron chi connectivity index (χ2n) is 4.26. The van der Waals surface area contributed by atoms with Gasteiger partial charge in [-0.1, -0.05) is 23.8 Å². The summed E-state index contributed by atoms with van der Waals surface area (Å²) in [7, 11) is -1.02. The summed E-state index contributed by atoms with van der Waals surface area (Å²) in [5, 5.41) is 0. The number of aldehydes is 1. The van der Waals surface area contributed by atoms with Gasteiger partial charge < -0.3 is 0 Å². The van der Waals surface area contributed by atoms with Gasteiger partial charge in [0.1, 0.15) is 6.29 Å². The van der Waals surface area contributed by atoms with Crippen LogP contribution in [0.5, 0.6) is 0 Å². The van der Waals surface area contributed by atoms with Crippen molar-refractivity contribution < 1.29 is 9.00 Å². The van der Waals surface area contributed by atoms with Crippen molar-refractivity contribution in [2.24, 2.45) is 0 Å². The molecule has 0 radical (unpaired) electrons. The van der Waals surface area contributed by atoms with Crippen LogP contribution in [0.4, 0.5) is 0 Å². The quantitative estimate of drug-likeness (QED) is 0.768. The Kier molecular flexibility index (Phi) is 4.26. The van der Waals surface area contributed by atoms with Crippen LogP contribution >= 0.6 is 0 Å². The molecule has 0 saturated heterocycles. The third-order valence-corrected chi connectivity index (χ3v) is 4.49. The fourth-order valence-electron chi connectivity index (χ4n) is 2.11. The van der Waals surface area contributed by atoms with Crippen LogP contribution in [-0.4, -0.2) is 16.2 Å². The van der Waals surface area contributed by atoms with Crippen molar-refractivity contribution in [2.75, 3.05) is 5.75 Å². The number of allylic oxidation sites excluding steroid dienone is 1. The first-order valence-electron chi connectivity index (χ1n) is 5.91. The molecule has 1 aliphatic carbocycles. The predicted octanol–water partition coefficient (Wildman–Crippen LogP) is 2.86. The lowest BCUT2D eigenvalue weighted by Gasteiger charge is -2.16. The van der Waals surface area contributed by atoms with Crippen molar-refractivity contribution in [1.82, 2.24) is 0 Å². The summed E-state index contributed by atoms with van der Waals surface area (Å²) >= 11 is 0. The molecule has 0 saturated carbocycles. The SMILES string of the molecule is O=CC1=C(CS(=O)c2ccccc2)CCCC1. The Morgan fingerprint density at radius 1 is 1.12 bits per heavy atom. The van der Waals surface area contributed by atoms with Gasteiger partial charge >= 0.3 is 0 Å². The third kappa shape index (κ3) is 3.13. The van der Waals surface area contributed by atoms with E-state index in [0.717, 1.165) is 48.0 Å². The summed E-state index contributed by atoms with van der Waals surface area (Å²) in [4.78, 5) is 11.8. The lowest BCUT2D eigenvalue weighted by Crippen LogP contribution is -2.09. The van der Waals surface area contributed by atoms with Crippen LogP contribution in [0.25, 0.3) is 0 Å². The molecule has 2 rings (SSSR count). The first-order chi connectivity index (χ1) is 8.31. The van der Waals surface area contributed by atoms with E-state index in [2.05, 4.69) is 0 Å². The van der Waals surface area contributed by atoms with Crippen molar-refractivity contribution in [3.8, 4) is 0 Å². The Morgan fingerprint density at radius 2 is 1.82 bits per heavy atom. The number of benzene rings is 1. The average Bonchev–Trinajstić information content (AvgIpc) is 2.40. The van der Waals surface area contributed by atoms with E-state index in [0.29, 0.717) is 5.75 Å². The molecule has 1 aromatic rings. The molecule has 0 aliphatic heterocycles. The smallest absolute Gasteiger partial charge is 0.146 e. The van der Waals surface area contributed by atoms with Gasteiger partial charge in [0.2, 0.25) is 0 Å². The molecular formula is C14H16O2S. The van der Waals surface area contributed by atoms with Gasteiger partial charge in [0.05, 0.1) is 10.8 Å². The maximum absolute atomic E-state index is 12.1. The van der Waals surface area contributed by atoms with Crippen molar-refractivity contribution in [3.63, 3.8) is 0 Å². The summed E-state index contributed by atoms with van der Waals surface area (Å²) in [6, 6.07) is 9.45. The van der Waals surface area contributed by atoms with Crippen molar-refractivity contribution in [2.45, 2.75) is 30.6 Å². The molecule has 1 aliphatic rings. The highest BCUT2D eigenvalue weighted by Crippen LogP contribution is 2.25. The zero-order valence-electron chi connectivity index (χ0n) is 9.72. The molecule has 0 amide bonds. The summed E-state index contributed by atoms with van der Waals surface area (Å²) in [6.07, 6.45) is 4.91. The van der Waals surface area contributed by atoms with Gasteiger partial charge in [-0.05, 0) is 43.4 Å². The summed E-state index contributed by atoms with van der Waals surface area (Å²) < 4.78 is 12.1. The molecule has 1 atom stereocenters. The van der Waals surface area contributed by atoms with E-state index in [-0.39, 0.29) is 0 Å². The zero-order chi connectivity index (χ0) is 12.1. The second kappa shape index (κ2) is 5.92. The minimum Gasteiger partial charge on any atom is -0.298 e. The second-order valence-corrected chi connectivity index (χ2v) is 5.71. The maximum Gasteiger partial charge on any atom is 0.146 e. The van der Waals surface area contributed by atoms with Gasteiger partial charge in [-0.15, -0.1) is 0 Å². The largest absolute Gasteiger partial charge is 0.298 e. The van der Waals surface area contributed by atoms with E-state index < -0.39 is 10.8 Å². The van der Waals surface area contributed by atoms with E-state index in [1.165, 1.54) is 0 Å². The minimum absolute atomic E-state index is 0.512. The van der Waals surface area contributed by atoms with Gasteiger partial charge in [-0.25, -0.2) is 0 Å². The molecule has 0 spiro atoms. The number of carbonyl (C=O) groups is 1. The standard InChI is InChI=1S/C14H16O2S/c15-10-12-6-4-5-7-13(12)11-17(16)14-8-2-1-3-9-14/h1-3,8-10H,4-7,11H2. The highest BCUT2D eigenvalue weighted by atomic mass is 32.2. The Bertz CT molecular complexity index is 449. The molecule has 0 fully saturated rings. The number of carbonyl (C=O) groups excluding carboxylic acids is 1. The molecule has 0 aromatic heterocycles. The van der Waals surface area contributed by atoms with E-state index >= 15 is 0 Å². The Morgan fingerprint density at radius 3 is 2.53 bits per heavy atom. The molecule has 2 nitrogen and oxygen atoms in total. The van der Waals surface area contributed by atoms with Crippen LogP contribution < -0.4 is 0 Å². The van der Waals surface area contributed by atoms with E-state index in [4.69, 9.17) is 0 Å². The van der Waals surface area contributed by atoms with E-state index in [1.54, 1.807) is 0 Å². The minimum atomic E-state index is -1.02. The molecular weight excluding hydrogens is 232 g/mol. The number of hydrogen-bond acceptors (Lipinski definition) is 2. The molecule has 1 unspecified atom stereocenters. The van der Waals surface area contributed by atoms with Gasteiger partial charge in [-0.2, -0.15) is 0 Å². The monoisotopic (exact) mass is 248 g/mol. The Hall–Kier alpha value is -1.22. The lowest BCUT2D eigenvalue weighted by molar-refractivity contribution is -0.105. The van der Waals surface area contributed by atoms with Crippen molar-refractivity contribution in [1.29, 1.82) is 0 Å². The average molecular weight is 248 g/mol. The van der Waals surface area contributed by atoms with E-state index in [9.17, 15) is 9.00 Å². The zero-order valence-corrected chi connectivity index (χ0v) is 10.5. The van der Waals surface area contributed by atoms with Gasteiger partial charge in [0, 0.05) is 10.6 Å². The van der Waals surface area contributed by atoms with E-state index in [1.807, 2.05) is 30.3 Å². The topological polar surface area (TPSA) is 34.1 Å². The van der Waals surface area contributed by atoms with Crippen molar-refractivity contribution >= 4 is 17.1 Å². The molecule has 17 heavy (non-hydrogen) atoms. The Balaban J connectivity index is 2.13. The Labute approximate surface area is 104 Å². The van der Waals surface area contributed by atoms with Crippen LogP contribution in [0.2, 0.25) is 0 Å². The third-order valence-electron chi connectivity index (χ3n) is 3.08. The summed E-state index contributed by atoms with van der Waals surface area (Å²) in [5.74, 6) is 0.512. The molecule has 90 valence electrons. The predicted molar refractivity (Wildman–Crippen MR) is 69.3 cm³/mol. The fraction of sp³-hybridized carbons (Fsp3) is 0.357. The first-order valence-corrected chi connectivity index (χ1v) is 7.22. The lowest BCUT2D eigenvalue weighted by atomic mass is 9.94. The summed E-state index contributed by atoms with van der Waals surface area (Å²) in [5.41, 5.74) is 1.97. The van der Waals surface area contributed by atoms with Crippen LogP contribution in [0.1, 0.15) is 25.7 Å². The van der Waals surface area contributed by atoms with Crippen LogP contribution in [0.15, 0.2) is 46.4 Å².